The van der Waals surface area contributed by atoms with Gasteiger partial charge in [-0.2, -0.15) is 5.10 Å². The number of hydrogen-bond acceptors (Lipinski definition) is 6. The van der Waals surface area contributed by atoms with Crippen LogP contribution in [0.15, 0.2) is 24.5 Å². The van der Waals surface area contributed by atoms with Gasteiger partial charge in [0.05, 0.1) is 27.7 Å². The fourth-order valence-corrected chi connectivity index (χ4v) is 4.27. The normalized spacial score (nSPS) is 12.3. The molecule has 0 aliphatic heterocycles. The number of aromatic amines is 1. The lowest BCUT2D eigenvalue weighted by molar-refractivity contribution is 0.0748. The van der Waals surface area contributed by atoms with Gasteiger partial charge >= 0.3 is 0 Å². The van der Waals surface area contributed by atoms with Crippen LogP contribution in [0.5, 0.6) is 0 Å². The van der Waals surface area contributed by atoms with Crippen LogP contribution in [0.1, 0.15) is 64.2 Å². The first kappa shape index (κ1) is 24.2. The molecule has 3 N–H and O–H groups in total. The van der Waals surface area contributed by atoms with E-state index in [1.807, 2.05) is 57.5 Å². The topological polar surface area (TPSA) is 112 Å². The number of H-pyrrole nitrogens is 1. The second-order valence-electron chi connectivity index (χ2n) is 9.76. The minimum Gasteiger partial charge on any atom is -0.383 e. The summed E-state index contributed by atoms with van der Waals surface area (Å²) in [7, 11) is 0. The van der Waals surface area contributed by atoms with E-state index in [0.717, 1.165) is 23.7 Å². The van der Waals surface area contributed by atoms with E-state index >= 15 is 0 Å². The average molecular weight is 483 g/mol. The number of rotatable bonds is 8. The van der Waals surface area contributed by atoms with E-state index in [1.165, 1.54) is 6.33 Å². The first-order chi connectivity index (χ1) is 16.1. The molecule has 0 fully saturated rings. The predicted molar refractivity (Wildman–Crippen MR) is 136 cm³/mol. The number of aromatic nitrogens is 5. The highest BCUT2D eigenvalue weighted by atomic mass is 35.5. The molecule has 1 aromatic carbocycles. The molecule has 3 aromatic heterocycles. The Bertz CT molecular complexity index is 1350. The summed E-state index contributed by atoms with van der Waals surface area (Å²) in [6.45, 7) is 10.8. The third-order valence-corrected chi connectivity index (χ3v) is 6.07. The summed E-state index contributed by atoms with van der Waals surface area (Å²) in [6.07, 6.45) is 3.76. The third kappa shape index (κ3) is 4.65. The summed E-state index contributed by atoms with van der Waals surface area (Å²) in [5, 5.41) is 6.79. The number of ketones is 1. The number of fused-ring (bicyclic) bond motifs is 2. The lowest BCUT2D eigenvalue weighted by Crippen LogP contribution is -2.23. The first-order valence-corrected chi connectivity index (χ1v) is 11.9. The van der Waals surface area contributed by atoms with Gasteiger partial charge in [-0.15, -0.1) is 0 Å². The van der Waals surface area contributed by atoms with Gasteiger partial charge in [0.1, 0.15) is 17.8 Å². The molecule has 4 rings (SSSR count). The zero-order valence-corrected chi connectivity index (χ0v) is 21.0. The van der Waals surface area contributed by atoms with Crippen molar-refractivity contribution >= 4 is 45.1 Å². The van der Waals surface area contributed by atoms with Crippen molar-refractivity contribution in [2.45, 2.75) is 65.5 Å². The molecule has 0 aliphatic carbocycles. The van der Waals surface area contributed by atoms with Gasteiger partial charge in [-0.1, -0.05) is 23.7 Å². The Labute approximate surface area is 203 Å². The van der Waals surface area contributed by atoms with Crippen molar-refractivity contribution in [3.05, 3.63) is 35.1 Å². The van der Waals surface area contributed by atoms with Crippen LogP contribution in [-0.2, 0) is 10.3 Å². The number of unbranched alkanes of at least 4 members (excludes halogenated alkanes) is 1. The summed E-state index contributed by atoms with van der Waals surface area (Å²) in [6, 6.07) is 5.54. The summed E-state index contributed by atoms with van der Waals surface area (Å²) >= 11 is 6.78. The molecule has 0 bridgehead atoms. The van der Waals surface area contributed by atoms with Crippen molar-refractivity contribution in [2.24, 2.45) is 0 Å². The Balaban J connectivity index is 1.68. The van der Waals surface area contributed by atoms with Crippen LogP contribution in [0.2, 0.25) is 5.02 Å². The van der Waals surface area contributed by atoms with Crippen molar-refractivity contribution in [1.82, 2.24) is 24.7 Å². The molecule has 4 aromatic rings. The Hall–Kier alpha value is -2.97. The molecule has 3 heterocycles. The second-order valence-corrected chi connectivity index (χ2v) is 10.1. The van der Waals surface area contributed by atoms with Gasteiger partial charge in [0.25, 0.3) is 0 Å². The number of halogens is 1. The molecule has 34 heavy (non-hydrogen) atoms. The van der Waals surface area contributed by atoms with Crippen molar-refractivity contribution < 1.29 is 9.53 Å². The number of nitrogens with one attached hydrogen (secondary N) is 1. The van der Waals surface area contributed by atoms with Crippen molar-refractivity contribution in [2.75, 3.05) is 12.3 Å². The summed E-state index contributed by atoms with van der Waals surface area (Å²) in [4.78, 5) is 24.7. The molecule has 0 saturated heterocycles. The number of nitrogen functional groups attached to an aromatic ring is 1. The van der Waals surface area contributed by atoms with E-state index in [1.54, 1.807) is 0 Å². The highest BCUT2D eigenvalue weighted by Gasteiger charge is 2.26. The molecule has 8 nitrogen and oxygen atoms in total. The predicted octanol–water partition coefficient (Wildman–Crippen LogP) is 5.74. The number of nitrogens with two attached hydrogens (primary N) is 1. The average Bonchev–Trinajstić information content (AvgIpc) is 3.32. The molecule has 0 aliphatic rings. The lowest BCUT2D eigenvalue weighted by Gasteiger charge is -2.19. The summed E-state index contributed by atoms with van der Waals surface area (Å²) in [5.74, 6) is 0.432. The van der Waals surface area contributed by atoms with Crippen LogP contribution in [0.4, 0.5) is 5.82 Å². The molecule has 0 unspecified atom stereocenters. The van der Waals surface area contributed by atoms with Gasteiger partial charge in [-0.05, 0) is 53.5 Å². The minimum atomic E-state index is -0.324. The molecule has 0 saturated carbocycles. The smallest absolute Gasteiger partial charge is 0.164 e. The van der Waals surface area contributed by atoms with Crippen LogP contribution in [0.25, 0.3) is 33.3 Å². The SMILES string of the molecule is CC(C)OCCCCC(=O)c1ccc2c(Cl)c(-c3nn(C(C)(C)C)c4ncnc(N)c34)[nH]c2c1. The minimum absolute atomic E-state index is 0.0961. The molecule has 0 spiro atoms. The van der Waals surface area contributed by atoms with Crippen LogP contribution >= 0.6 is 11.6 Å². The quantitative estimate of drug-likeness (QED) is 0.244. The highest BCUT2D eigenvalue weighted by Crippen LogP contribution is 2.39. The Morgan fingerprint density at radius 3 is 2.71 bits per heavy atom. The maximum atomic E-state index is 12.7. The van der Waals surface area contributed by atoms with Gasteiger partial charge in [-0.25, -0.2) is 14.6 Å². The molecule has 0 amide bonds. The molecule has 0 atom stereocenters. The summed E-state index contributed by atoms with van der Waals surface area (Å²) < 4.78 is 7.38. The molecule has 0 radical (unpaired) electrons. The van der Waals surface area contributed by atoms with Gasteiger partial charge < -0.3 is 15.5 Å². The number of carbonyl (C=O) groups excluding carboxylic acids is 1. The van der Waals surface area contributed by atoms with E-state index in [9.17, 15) is 4.79 Å². The van der Waals surface area contributed by atoms with Crippen LogP contribution in [-0.4, -0.2) is 43.2 Å². The standard InChI is InChI=1S/C25H31ClN6O2/c1-14(2)34-11-7-6-8-18(33)15-9-10-16-17(12-15)30-22(20(16)26)21-19-23(27)28-13-29-24(19)32(31-21)25(3,4)5/h9-10,12-14,30H,6-8,11H2,1-5H3,(H2,27,28,29). The number of ether oxygens (including phenoxy) is 1. The van der Waals surface area contributed by atoms with Crippen molar-refractivity contribution in [1.29, 1.82) is 0 Å². The number of nitrogens with zero attached hydrogens (tertiary/aromatic N) is 4. The monoisotopic (exact) mass is 482 g/mol. The van der Waals surface area contributed by atoms with E-state index in [-0.39, 0.29) is 17.4 Å². The van der Waals surface area contributed by atoms with Crippen LogP contribution in [0.3, 0.4) is 0 Å². The highest BCUT2D eigenvalue weighted by molar-refractivity contribution is 6.38. The Morgan fingerprint density at radius 1 is 1.24 bits per heavy atom. The first-order valence-electron chi connectivity index (χ1n) is 11.5. The lowest BCUT2D eigenvalue weighted by atomic mass is 10.0. The molecule has 180 valence electrons. The number of carbonyl (C=O) groups is 1. The largest absolute Gasteiger partial charge is 0.383 e. The van der Waals surface area contributed by atoms with E-state index in [0.29, 0.717) is 51.9 Å². The molecular formula is C25H31ClN6O2. The maximum absolute atomic E-state index is 12.7. The Kier molecular flexibility index (Phi) is 6.64. The zero-order chi connectivity index (χ0) is 24.6. The van der Waals surface area contributed by atoms with E-state index in [4.69, 9.17) is 27.2 Å². The van der Waals surface area contributed by atoms with Crippen LogP contribution < -0.4 is 5.73 Å². The maximum Gasteiger partial charge on any atom is 0.164 e. The van der Waals surface area contributed by atoms with Crippen molar-refractivity contribution in [3.63, 3.8) is 0 Å². The fraction of sp³-hybridized carbons (Fsp3) is 0.440. The summed E-state index contributed by atoms with van der Waals surface area (Å²) in [5.41, 5.74) is 9.17. The Morgan fingerprint density at radius 2 is 2.00 bits per heavy atom. The van der Waals surface area contributed by atoms with Crippen LogP contribution in [0, 0.1) is 0 Å². The van der Waals surface area contributed by atoms with E-state index < -0.39 is 0 Å². The van der Waals surface area contributed by atoms with Gasteiger partial charge in [0.2, 0.25) is 0 Å². The van der Waals surface area contributed by atoms with E-state index in [2.05, 4.69) is 15.0 Å². The zero-order valence-electron chi connectivity index (χ0n) is 20.3. The fourth-order valence-electron chi connectivity index (χ4n) is 3.97. The third-order valence-electron chi connectivity index (χ3n) is 5.67. The number of Topliss-reactive ketones (excluding diaryl/α,β-unsaturated/α-hetero) is 1. The molecule has 9 heteroatoms. The molecular weight excluding hydrogens is 452 g/mol. The number of hydrogen-bond donors (Lipinski definition) is 2. The number of anilines is 1. The second kappa shape index (κ2) is 9.35. The van der Waals surface area contributed by atoms with Gasteiger partial charge in [0.15, 0.2) is 11.4 Å². The van der Waals surface area contributed by atoms with Gasteiger partial charge in [-0.3, -0.25) is 4.79 Å². The van der Waals surface area contributed by atoms with Gasteiger partial charge in [0, 0.05) is 29.5 Å². The number of benzene rings is 1. The van der Waals surface area contributed by atoms with Crippen molar-refractivity contribution in [3.8, 4) is 11.4 Å².